The third-order valence-corrected chi connectivity index (χ3v) is 5.17. The average molecular weight is 316 g/mol. The highest BCUT2D eigenvalue weighted by atomic mass is 16.2. The van der Waals surface area contributed by atoms with Gasteiger partial charge in [0.05, 0.1) is 5.56 Å². The predicted octanol–water partition coefficient (Wildman–Crippen LogP) is 2.00. The molecule has 1 unspecified atom stereocenters. The first kappa shape index (κ1) is 16.2. The molecule has 0 radical (unpaired) electrons. The summed E-state index contributed by atoms with van der Waals surface area (Å²) in [6.07, 6.45) is 5.29. The van der Waals surface area contributed by atoms with Gasteiger partial charge >= 0.3 is 0 Å². The van der Waals surface area contributed by atoms with Crippen LogP contribution in [0.5, 0.6) is 0 Å². The molecule has 2 saturated heterocycles. The largest absolute Gasteiger partial charge is 0.357 e. The summed E-state index contributed by atoms with van der Waals surface area (Å²) in [5.41, 5.74) is 0.712. The van der Waals surface area contributed by atoms with Crippen LogP contribution < -0.4 is 10.2 Å². The number of likely N-dealkylation sites (tertiary alicyclic amines) is 1. The molecule has 0 spiro atoms. The van der Waals surface area contributed by atoms with E-state index in [1.165, 1.54) is 12.8 Å². The maximum absolute atomic E-state index is 12.6. The van der Waals surface area contributed by atoms with Gasteiger partial charge in [0.25, 0.3) is 5.91 Å². The van der Waals surface area contributed by atoms with Crippen LogP contribution in [0.2, 0.25) is 0 Å². The van der Waals surface area contributed by atoms with Crippen LogP contribution in [0.4, 0.5) is 5.82 Å². The maximum Gasteiger partial charge on any atom is 0.255 e. The van der Waals surface area contributed by atoms with Crippen molar-refractivity contribution >= 4 is 11.7 Å². The van der Waals surface area contributed by atoms with E-state index in [1.54, 1.807) is 6.20 Å². The molecule has 3 rings (SSSR count). The van der Waals surface area contributed by atoms with Crippen LogP contribution in [0.25, 0.3) is 0 Å². The molecular formula is C18H28N4O. The summed E-state index contributed by atoms with van der Waals surface area (Å²) < 4.78 is 0. The third-order valence-electron chi connectivity index (χ3n) is 5.17. The Morgan fingerprint density at radius 3 is 2.70 bits per heavy atom. The van der Waals surface area contributed by atoms with Gasteiger partial charge in [-0.2, -0.15) is 0 Å². The zero-order valence-electron chi connectivity index (χ0n) is 14.3. The first-order chi connectivity index (χ1) is 11.2. The quantitative estimate of drug-likeness (QED) is 0.923. The van der Waals surface area contributed by atoms with Gasteiger partial charge in [-0.15, -0.1) is 0 Å². The molecule has 0 bridgehead atoms. The van der Waals surface area contributed by atoms with Crippen LogP contribution >= 0.6 is 0 Å². The van der Waals surface area contributed by atoms with Crippen molar-refractivity contribution in [3.05, 3.63) is 23.9 Å². The van der Waals surface area contributed by atoms with Crippen molar-refractivity contribution in [1.82, 2.24) is 15.2 Å². The lowest BCUT2D eigenvalue weighted by Gasteiger charge is -2.31. The summed E-state index contributed by atoms with van der Waals surface area (Å²) in [7, 11) is 1.97. The van der Waals surface area contributed by atoms with Gasteiger partial charge in [0.1, 0.15) is 5.82 Å². The molecule has 0 saturated carbocycles. The molecule has 2 aliphatic heterocycles. The second-order valence-corrected chi connectivity index (χ2v) is 7.04. The standard InChI is InChI=1S/C18H28N4O/c1-14-5-8-21(9-6-14)17-4-3-16(12-20-17)18(23)22-10-7-15(13-22)11-19-2/h3-4,12,14-15,19H,5-11,13H2,1-2H3. The van der Waals surface area contributed by atoms with E-state index in [2.05, 4.69) is 22.1 Å². The zero-order valence-corrected chi connectivity index (χ0v) is 14.3. The molecule has 1 aromatic rings. The van der Waals surface area contributed by atoms with Crippen molar-refractivity contribution in [2.45, 2.75) is 26.2 Å². The molecule has 0 aliphatic carbocycles. The fourth-order valence-electron chi connectivity index (χ4n) is 3.59. The lowest BCUT2D eigenvalue weighted by Crippen LogP contribution is -2.33. The van der Waals surface area contributed by atoms with E-state index in [0.717, 1.165) is 50.9 Å². The van der Waals surface area contributed by atoms with Gasteiger partial charge in [0.2, 0.25) is 0 Å². The van der Waals surface area contributed by atoms with Crippen molar-refractivity contribution in [3.63, 3.8) is 0 Å². The fourth-order valence-corrected chi connectivity index (χ4v) is 3.59. The molecule has 1 aromatic heterocycles. The number of hydrogen-bond donors (Lipinski definition) is 1. The van der Waals surface area contributed by atoms with Crippen LogP contribution in [-0.2, 0) is 0 Å². The molecule has 126 valence electrons. The number of anilines is 1. The number of carbonyl (C=O) groups is 1. The van der Waals surface area contributed by atoms with Gasteiger partial charge in [0.15, 0.2) is 0 Å². The van der Waals surface area contributed by atoms with E-state index in [4.69, 9.17) is 0 Å². The lowest BCUT2D eigenvalue weighted by molar-refractivity contribution is 0.0787. The molecule has 0 aromatic carbocycles. The number of carbonyl (C=O) groups excluding carboxylic acids is 1. The molecule has 3 heterocycles. The average Bonchev–Trinajstić information content (AvgIpc) is 3.04. The SMILES string of the molecule is CNCC1CCN(C(=O)c2ccc(N3CCC(C)CC3)nc2)C1. The Hall–Kier alpha value is -1.62. The van der Waals surface area contributed by atoms with Crippen molar-refractivity contribution in [3.8, 4) is 0 Å². The van der Waals surface area contributed by atoms with Gasteiger partial charge in [-0.25, -0.2) is 4.98 Å². The lowest BCUT2D eigenvalue weighted by atomic mass is 9.99. The number of rotatable bonds is 4. The minimum atomic E-state index is 0.120. The minimum Gasteiger partial charge on any atom is -0.357 e. The zero-order chi connectivity index (χ0) is 16.2. The van der Waals surface area contributed by atoms with Gasteiger partial charge in [-0.1, -0.05) is 6.92 Å². The monoisotopic (exact) mass is 316 g/mol. The first-order valence-electron chi connectivity index (χ1n) is 8.82. The molecule has 5 nitrogen and oxygen atoms in total. The first-order valence-corrected chi connectivity index (χ1v) is 8.82. The Morgan fingerprint density at radius 2 is 2.04 bits per heavy atom. The predicted molar refractivity (Wildman–Crippen MR) is 92.8 cm³/mol. The molecular weight excluding hydrogens is 288 g/mol. The third kappa shape index (κ3) is 3.83. The normalized spacial score (nSPS) is 22.6. The molecule has 1 amide bonds. The summed E-state index contributed by atoms with van der Waals surface area (Å²) in [5.74, 6) is 2.51. The van der Waals surface area contributed by atoms with E-state index in [0.29, 0.717) is 11.5 Å². The Bertz CT molecular complexity index is 522. The highest BCUT2D eigenvalue weighted by molar-refractivity contribution is 5.94. The van der Waals surface area contributed by atoms with E-state index in [9.17, 15) is 4.79 Å². The molecule has 5 heteroatoms. The van der Waals surface area contributed by atoms with Crippen molar-refractivity contribution in [2.24, 2.45) is 11.8 Å². The van der Waals surface area contributed by atoms with Crippen LogP contribution in [0.3, 0.4) is 0 Å². The van der Waals surface area contributed by atoms with Crippen LogP contribution in [0.1, 0.15) is 36.5 Å². The maximum atomic E-state index is 12.6. The summed E-state index contributed by atoms with van der Waals surface area (Å²) in [6, 6.07) is 3.94. The van der Waals surface area contributed by atoms with E-state index >= 15 is 0 Å². The van der Waals surface area contributed by atoms with Crippen LogP contribution in [0.15, 0.2) is 18.3 Å². The highest BCUT2D eigenvalue weighted by Gasteiger charge is 2.26. The van der Waals surface area contributed by atoms with Crippen molar-refractivity contribution < 1.29 is 4.79 Å². The van der Waals surface area contributed by atoms with E-state index in [1.807, 2.05) is 24.1 Å². The summed E-state index contributed by atoms with van der Waals surface area (Å²) in [4.78, 5) is 21.4. The smallest absolute Gasteiger partial charge is 0.255 e. The fraction of sp³-hybridized carbons (Fsp3) is 0.667. The summed E-state index contributed by atoms with van der Waals surface area (Å²) >= 11 is 0. The van der Waals surface area contributed by atoms with Gasteiger partial charge in [0, 0.05) is 32.4 Å². The van der Waals surface area contributed by atoms with Gasteiger partial charge in [-0.3, -0.25) is 4.79 Å². The summed E-state index contributed by atoms with van der Waals surface area (Å²) in [5, 5.41) is 3.20. The van der Waals surface area contributed by atoms with Crippen LogP contribution in [-0.4, -0.2) is 55.6 Å². The molecule has 1 atom stereocenters. The number of aromatic nitrogens is 1. The minimum absolute atomic E-state index is 0.120. The number of piperidine rings is 1. The second kappa shape index (κ2) is 7.30. The van der Waals surface area contributed by atoms with E-state index in [-0.39, 0.29) is 5.91 Å². The highest BCUT2D eigenvalue weighted by Crippen LogP contribution is 2.22. The summed E-state index contributed by atoms with van der Waals surface area (Å²) in [6.45, 7) is 7.14. The number of hydrogen-bond acceptors (Lipinski definition) is 4. The molecule has 1 N–H and O–H groups in total. The Kier molecular flexibility index (Phi) is 5.16. The molecule has 2 aliphatic rings. The van der Waals surface area contributed by atoms with Gasteiger partial charge in [-0.05, 0) is 56.8 Å². The van der Waals surface area contributed by atoms with Gasteiger partial charge < -0.3 is 15.1 Å². The second-order valence-electron chi connectivity index (χ2n) is 7.04. The Balaban J connectivity index is 1.60. The van der Waals surface area contributed by atoms with Crippen molar-refractivity contribution in [1.29, 1.82) is 0 Å². The molecule has 23 heavy (non-hydrogen) atoms. The molecule has 2 fully saturated rings. The number of nitrogens with zero attached hydrogens (tertiary/aromatic N) is 3. The number of nitrogens with one attached hydrogen (secondary N) is 1. The van der Waals surface area contributed by atoms with Crippen LogP contribution in [0, 0.1) is 11.8 Å². The van der Waals surface area contributed by atoms with E-state index < -0.39 is 0 Å². The topological polar surface area (TPSA) is 48.5 Å². The Labute approximate surface area is 139 Å². The Morgan fingerprint density at radius 1 is 1.26 bits per heavy atom. The number of pyridine rings is 1. The number of amides is 1. The van der Waals surface area contributed by atoms with Crippen molar-refractivity contribution in [2.75, 3.05) is 44.7 Å².